The molecule has 0 aliphatic carbocycles. The van der Waals surface area contributed by atoms with Crippen molar-refractivity contribution in [3.8, 4) is 0 Å². The molecule has 0 spiro atoms. The standard InChI is InChI=1S/C21H22Cl2N4O/c22-18-8-7-15(10-19(18)23)13-27(21(24)12-25-14-28)9-3-4-16-11-26-20-6-2-1-5-17(16)20/h1-2,5-8,10-11,14,24,26H,3-4,9,12-13H2,(H,25,28). The van der Waals surface area contributed by atoms with Crippen molar-refractivity contribution in [3.63, 3.8) is 0 Å². The lowest BCUT2D eigenvalue weighted by atomic mass is 10.1. The van der Waals surface area contributed by atoms with Gasteiger partial charge in [-0.1, -0.05) is 47.5 Å². The number of halogens is 2. The fraction of sp³-hybridized carbons (Fsp3) is 0.238. The normalized spacial score (nSPS) is 10.8. The summed E-state index contributed by atoms with van der Waals surface area (Å²) in [6.07, 6.45) is 4.44. The highest BCUT2D eigenvalue weighted by Crippen LogP contribution is 2.24. The Labute approximate surface area is 174 Å². The van der Waals surface area contributed by atoms with Crippen LogP contribution in [0.2, 0.25) is 10.0 Å². The first-order valence-corrected chi connectivity index (χ1v) is 9.82. The van der Waals surface area contributed by atoms with Crippen molar-refractivity contribution in [3.05, 3.63) is 69.8 Å². The van der Waals surface area contributed by atoms with Crippen LogP contribution in [0.3, 0.4) is 0 Å². The zero-order valence-corrected chi connectivity index (χ0v) is 16.9. The fourth-order valence-corrected chi connectivity index (χ4v) is 3.54. The largest absolute Gasteiger partial charge is 0.361 e. The molecular formula is C21H22Cl2N4O. The van der Waals surface area contributed by atoms with E-state index in [1.54, 1.807) is 6.07 Å². The third kappa shape index (κ3) is 5.06. The van der Waals surface area contributed by atoms with Crippen molar-refractivity contribution in [1.29, 1.82) is 5.41 Å². The first kappa shape index (κ1) is 20.2. The number of aromatic amines is 1. The second kappa shape index (κ2) is 9.62. The van der Waals surface area contributed by atoms with Crippen LogP contribution < -0.4 is 5.32 Å². The van der Waals surface area contributed by atoms with E-state index in [-0.39, 0.29) is 6.54 Å². The smallest absolute Gasteiger partial charge is 0.207 e. The quantitative estimate of drug-likeness (QED) is 0.270. The van der Waals surface area contributed by atoms with Crippen LogP contribution in [0.25, 0.3) is 10.9 Å². The number of aromatic nitrogens is 1. The van der Waals surface area contributed by atoms with Crippen LogP contribution in [0.15, 0.2) is 48.7 Å². The van der Waals surface area contributed by atoms with Gasteiger partial charge < -0.3 is 15.2 Å². The molecule has 5 nitrogen and oxygen atoms in total. The maximum atomic E-state index is 10.6. The molecule has 1 aromatic heterocycles. The fourth-order valence-electron chi connectivity index (χ4n) is 3.22. The van der Waals surface area contributed by atoms with E-state index in [4.69, 9.17) is 28.6 Å². The van der Waals surface area contributed by atoms with Gasteiger partial charge in [0.1, 0.15) is 5.84 Å². The van der Waals surface area contributed by atoms with Gasteiger partial charge >= 0.3 is 0 Å². The van der Waals surface area contributed by atoms with E-state index in [2.05, 4.69) is 22.4 Å². The van der Waals surface area contributed by atoms with Crippen molar-refractivity contribution in [1.82, 2.24) is 15.2 Å². The molecule has 2 aromatic carbocycles. The Kier molecular flexibility index (Phi) is 6.95. The molecule has 3 aromatic rings. The molecule has 0 saturated carbocycles. The van der Waals surface area contributed by atoms with Crippen molar-refractivity contribution >= 4 is 46.4 Å². The van der Waals surface area contributed by atoms with Crippen LogP contribution in [0.5, 0.6) is 0 Å². The van der Waals surface area contributed by atoms with Crippen molar-refractivity contribution in [2.45, 2.75) is 19.4 Å². The Hall–Kier alpha value is -2.50. The molecule has 0 radical (unpaired) electrons. The van der Waals surface area contributed by atoms with Gasteiger partial charge in [0.2, 0.25) is 6.41 Å². The summed E-state index contributed by atoms with van der Waals surface area (Å²) in [5.74, 6) is 0.358. The zero-order valence-electron chi connectivity index (χ0n) is 15.3. The maximum absolute atomic E-state index is 10.6. The van der Waals surface area contributed by atoms with Gasteiger partial charge in [-0.25, -0.2) is 0 Å². The highest BCUT2D eigenvalue weighted by atomic mass is 35.5. The van der Waals surface area contributed by atoms with Crippen LogP contribution >= 0.6 is 23.2 Å². The zero-order chi connectivity index (χ0) is 19.9. The highest BCUT2D eigenvalue weighted by molar-refractivity contribution is 6.42. The summed E-state index contributed by atoms with van der Waals surface area (Å²) in [4.78, 5) is 15.9. The van der Waals surface area contributed by atoms with Gasteiger partial charge in [-0.3, -0.25) is 10.2 Å². The Morgan fingerprint density at radius 3 is 2.79 bits per heavy atom. The number of aryl methyl sites for hydroxylation is 1. The molecule has 28 heavy (non-hydrogen) atoms. The summed E-state index contributed by atoms with van der Waals surface area (Å²) in [7, 11) is 0. The van der Waals surface area contributed by atoms with Crippen molar-refractivity contribution in [2.75, 3.05) is 13.1 Å². The minimum absolute atomic E-state index is 0.192. The van der Waals surface area contributed by atoms with E-state index >= 15 is 0 Å². The number of carbonyl (C=O) groups is 1. The Morgan fingerprint density at radius 2 is 2.00 bits per heavy atom. The Morgan fingerprint density at radius 1 is 1.18 bits per heavy atom. The lowest BCUT2D eigenvalue weighted by Crippen LogP contribution is -2.37. The molecule has 0 unspecified atom stereocenters. The highest BCUT2D eigenvalue weighted by Gasteiger charge is 2.12. The Bertz CT molecular complexity index is 970. The number of benzene rings is 2. The summed E-state index contributed by atoms with van der Waals surface area (Å²) >= 11 is 12.1. The molecular weight excluding hydrogens is 395 g/mol. The average Bonchev–Trinajstić information content (AvgIpc) is 3.11. The molecule has 7 heteroatoms. The minimum atomic E-state index is 0.192. The number of H-pyrrole nitrogens is 1. The lowest BCUT2D eigenvalue weighted by molar-refractivity contribution is -0.109. The second-order valence-corrected chi connectivity index (χ2v) is 7.39. The predicted molar refractivity (Wildman–Crippen MR) is 115 cm³/mol. The third-order valence-corrected chi connectivity index (χ3v) is 5.38. The molecule has 1 heterocycles. The van der Waals surface area contributed by atoms with E-state index in [1.807, 2.05) is 35.4 Å². The van der Waals surface area contributed by atoms with Crippen molar-refractivity contribution < 1.29 is 4.79 Å². The molecule has 0 aliphatic rings. The number of carbonyl (C=O) groups excluding carboxylic acids is 1. The molecule has 146 valence electrons. The number of rotatable bonds is 9. The second-order valence-electron chi connectivity index (χ2n) is 6.58. The first-order chi connectivity index (χ1) is 13.6. The molecule has 0 aliphatic heterocycles. The van der Waals surface area contributed by atoms with Gasteiger partial charge in [-0.15, -0.1) is 0 Å². The summed E-state index contributed by atoms with van der Waals surface area (Å²) in [6.45, 7) is 1.42. The predicted octanol–water partition coefficient (Wildman–Crippen LogP) is 4.63. The van der Waals surface area contributed by atoms with Crippen LogP contribution in [-0.2, 0) is 17.8 Å². The summed E-state index contributed by atoms with van der Waals surface area (Å²) in [5.41, 5.74) is 3.37. The van der Waals surface area contributed by atoms with Gasteiger partial charge in [0, 0.05) is 30.2 Å². The van der Waals surface area contributed by atoms with E-state index in [1.165, 1.54) is 10.9 Å². The summed E-state index contributed by atoms with van der Waals surface area (Å²) in [5, 5.41) is 13.1. The first-order valence-electron chi connectivity index (χ1n) is 9.07. The number of nitrogens with zero attached hydrogens (tertiary/aromatic N) is 1. The van der Waals surface area contributed by atoms with E-state index in [0.29, 0.717) is 35.4 Å². The molecule has 3 N–H and O–H groups in total. The molecule has 0 bridgehead atoms. The van der Waals surface area contributed by atoms with Gasteiger partial charge in [-0.05, 0) is 42.2 Å². The molecule has 3 rings (SSSR count). The molecule has 0 saturated heterocycles. The third-order valence-electron chi connectivity index (χ3n) is 4.64. The Balaban J connectivity index is 1.66. The number of para-hydroxylation sites is 1. The number of hydrogen-bond donors (Lipinski definition) is 3. The topological polar surface area (TPSA) is 72.0 Å². The molecule has 0 atom stereocenters. The average molecular weight is 417 g/mol. The number of nitrogens with one attached hydrogen (secondary N) is 3. The van der Waals surface area contributed by atoms with Gasteiger partial charge in [0.25, 0.3) is 0 Å². The SMILES string of the molecule is N=C(CNC=O)N(CCCc1c[nH]c2ccccc12)Cc1ccc(Cl)c(Cl)c1. The number of fused-ring (bicyclic) bond motifs is 1. The number of amidine groups is 1. The van der Waals surface area contributed by atoms with E-state index in [9.17, 15) is 4.79 Å². The molecule has 0 fully saturated rings. The summed E-state index contributed by atoms with van der Waals surface area (Å²) < 4.78 is 0. The molecule has 1 amide bonds. The lowest BCUT2D eigenvalue weighted by Gasteiger charge is -2.25. The number of hydrogen-bond acceptors (Lipinski definition) is 2. The minimum Gasteiger partial charge on any atom is -0.361 e. The van der Waals surface area contributed by atoms with Crippen LogP contribution in [0.1, 0.15) is 17.5 Å². The van der Waals surface area contributed by atoms with E-state index < -0.39 is 0 Å². The van der Waals surface area contributed by atoms with Crippen LogP contribution in [0, 0.1) is 5.41 Å². The van der Waals surface area contributed by atoms with Gasteiger partial charge in [0.05, 0.1) is 16.6 Å². The van der Waals surface area contributed by atoms with Crippen LogP contribution in [-0.4, -0.2) is 35.2 Å². The van der Waals surface area contributed by atoms with Gasteiger partial charge in [0.15, 0.2) is 0 Å². The van der Waals surface area contributed by atoms with Crippen LogP contribution in [0.4, 0.5) is 0 Å². The summed E-state index contributed by atoms with van der Waals surface area (Å²) in [6, 6.07) is 13.7. The van der Waals surface area contributed by atoms with Crippen molar-refractivity contribution in [2.24, 2.45) is 0 Å². The van der Waals surface area contributed by atoms with E-state index in [0.717, 1.165) is 23.9 Å². The maximum Gasteiger partial charge on any atom is 0.207 e. The van der Waals surface area contributed by atoms with Gasteiger partial charge in [-0.2, -0.15) is 0 Å². The monoisotopic (exact) mass is 416 g/mol. The number of amides is 1.